The minimum Gasteiger partial charge on any atom is -0.477 e. The Kier molecular flexibility index (Phi) is 3.96. The van der Waals surface area contributed by atoms with Gasteiger partial charge >= 0.3 is 5.97 Å². The van der Waals surface area contributed by atoms with E-state index < -0.39 is 5.97 Å². The monoisotopic (exact) mass is 300 g/mol. The Labute approximate surface area is 131 Å². The molecule has 0 atom stereocenters. The first-order valence-electron chi connectivity index (χ1n) is 8.05. The van der Waals surface area contributed by atoms with Crippen molar-refractivity contribution in [3.63, 3.8) is 0 Å². The highest BCUT2D eigenvalue weighted by Crippen LogP contribution is 2.30. The molecule has 0 aliphatic carbocycles. The highest BCUT2D eigenvalue weighted by atomic mass is 16.4. The highest BCUT2D eigenvalue weighted by Gasteiger charge is 2.18. The zero-order chi connectivity index (χ0) is 15.9. The number of aryl methyl sites for hydroxylation is 1. The molecule has 0 bridgehead atoms. The predicted octanol–water partition coefficient (Wildman–Crippen LogP) is 3.60. The van der Waals surface area contributed by atoms with Gasteiger partial charge in [-0.25, -0.2) is 4.79 Å². The molecule has 2 heterocycles. The van der Waals surface area contributed by atoms with E-state index in [4.69, 9.17) is 0 Å². The molecule has 4 nitrogen and oxygen atoms in total. The van der Waals surface area contributed by atoms with Crippen LogP contribution in [0.1, 0.15) is 54.2 Å². The van der Waals surface area contributed by atoms with Crippen LogP contribution >= 0.6 is 0 Å². The molecule has 0 radical (unpaired) electrons. The van der Waals surface area contributed by atoms with E-state index in [1.54, 1.807) is 6.07 Å². The van der Waals surface area contributed by atoms with Gasteiger partial charge in [0, 0.05) is 19.0 Å². The van der Waals surface area contributed by atoms with E-state index in [1.807, 2.05) is 11.6 Å². The number of nitrogens with zero attached hydrogens (tertiary/aromatic N) is 2. The number of rotatable bonds is 4. The maximum absolute atomic E-state index is 11.4. The molecule has 1 saturated heterocycles. The van der Waals surface area contributed by atoms with Crippen LogP contribution in [0.3, 0.4) is 0 Å². The third-order valence-corrected chi connectivity index (χ3v) is 4.66. The van der Waals surface area contributed by atoms with Gasteiger partial charge in [0.2, 0.25) is 0 Å². The van der Waals surface area contributed by atoms with Crippen molar-refractivity contribution in [3.8, 4) is 0 Å². The fraction of sp³-hybridized carbons (Fsp3) is 0.500. The Morgan fingerprint density at radius 1 is 1.23 bits per heavy atom. The summed E-state index contributed by atoms with van der Waals surface area (Å²) in [6.45, 7) is 7.64. The minimum atomic E-state index is -0.866. The first kappa shape index (κ1) is 15.1. The van der Waals surface area contributed by atoms with Gasteiger partial charge in [-0.1, -0.05) is 19.9 Å². The van der Waals surface area contributed by atoms with E-state index in [0.717, 1.165) is 17.4 Å². The molecule has 0 spiro atoms. The average molecular weight is 300 g/mol. The lowest BCUT2D eigenvalue weighted by Gasteiger charge is -2.17. The Morgan fingerprint density at radius 3 is 2.50 bits per heavy atom. The topological polar surface area (TPSA) is 45.5 Å². The van der Waals surface area contributed by atoms with Crippen molar-refractivity contribution in [2.75, 3.05) is 13.1 Å². The zero-order valence-electron chi connectivity index (χ0n) is 13.6. The summed E-state index contributed by atoms with van der Waals surface area (Å²) < 4.78 is 1.81. The van der Waals surface area contributed by atoms with E-state index in [1.165, 1.54) is 37.1 Å². The highest BCUT2D eigenvalue weighted by molar-refractivity contribution is 5.96. The molecule has 0 saturated carbocycles. The van der Waals surface area contributed by atoms with Crippen molar-refractivity contribution in [1.29, 1.82) is 0 Å². The minimum absolute atomic E-state index is 0.357. The lowest BCUT2D eigenvalue weighted by atomic mass is 9.97. The lowest BCUT2D eigenvalue weighted by molar-refractivity contribution is 0.0687. The Balaban J connectivity index is 2.10. The largest absolute Gasteiger partial charge is 0.477 e. The summed E-state index contributed by atoms with van der Waals surface area (Å²) in [5, 5.41) is 10.4. The average Bonchev–Trinajstić information content (AvgIpc) is 3.06. The predicted molar refractivity (Wildman–Crippen MR) is 88.5 cm³/mol. The second-order valence-corrected chi connectivity index (χ2v) is 6.65. The molecule has 4 heteroatoms. The molecular weight excluding hydrogens is 276 g/mol. The Morgan fingerprint density at radius 2 is 1.91 bits per heavy atom. The molecular formula is C18H24N2O2. The van der Waals surface area contributed by atoms with E-state index in [-0.39, 0.29) is 0 Å². The molecule has 0 amide bonds. The van der Waals surface area contributed by atoms with E-state index in [2.05, 4.69) is 30.9 Å². The van der Waals surface area contributed by atoms with Crippen LogP contribution in [0.2, 0.25) is 0 Å². The van der Waals surface area contributed by atoms with Gasteiger partial charge in [-0.2, -0.15) is 0 Å². The molecule has 1 fully saturated rings. The van der Waals surface area contributed by atoms with Crippen LogP contribution in [0.25, 0.3) is 10.9 Å². The fourth-order valence-corrected chi connectivity index (χ4v) is 3.54. The third kappa shape index (κ3) is 2.63. The summed E-state index contributed by atoms with van der Waals surface area (Å²) in [5.41, 5.74) is 3.94. The van der Waals surface area contributed by atoms with Crippen molar-refractivity contribution in [2.24, 2.45) is 7.05 Å². The van der Waals surface area contributed by atoms with Gasteiger partial charge in [-0.05, 0) is 55.1 Å². The van der Waals surface area contributed by atoms with Gasteiger partial charge in [0.25, 0.3) is 0 Å². The SMILES string of the molecule is CC(C)c1cc(CN2CCCC2)cc2cc(C(=O)O)n(C)c12. The Bertz CT molecular complexity index is 709. The normalized spacial score (nSPS) is 16.0. The number of carbonyl (C=O) groups is 1. The molecule has 1 aromatic carbocycles. The smallest absolute Gasteiger partial charge is 0.352 e. The summed E-state index contributed by atoms with van der Waals surface area (Å²) in [6.07, 6.45) is 2.57. The standard InChI is InChI=1S/C18H24N2O2/c1-12(2)15-9-13(11-20-6-4-5-7-20)8-14-10-16(18(21)22)19(3)17(14)15/h8-10,12H,4-7,11H2,1-3H3,(H,21,22). The molecule has 2 aromatic rings. The van der Waals surface area contributed by atoms with Crippen LogP contribution < -0.4 is 0 Å². The molecule has 3 rings (SSSR count). The van der Waals surface area contributed by atoms with Crippen LogP contribution in [0, 0.1) is 0 Å². The number of aromatic nitrogens is 1. The summed E-state index contributed by atoms with van der Waals surface area (Å²) in [7, 11) is 1.85. The van der Waals surface area contributed by atoms with E-state index in [9.17, 15) is 9.90 Å². The zero-order valence-corrected chi connectivity index (χ0v) is 13.6. The maximum Gasteiger partial charge on any atom is 0.352 e. The van der Waals surface area contributed by atoms with Crippen LogP contribution in [0.4, 0.5) is 0 Å². The van der Waals surface area contributed by atoms with Crippen molar-refractivity contribution in [1.82, 2.24) is 9.47 Å². The number of benzene rings is 1. The Hall–Kier alpha value is -1.81. The number of carboxylic acids is 1. The van der Waals surface area contributed by atoms with Gasteiger partial charge in [-0.3, -0.25) is 4.90 Å². The van der Waals surface area contributed by atoms with Crippen LogP contribution in [-0.2, 0) is 13.6 Å². The summed E-state index contributed by atoms with van der Waals surface area (Å²) in [6, 6.07) is 6.22. The van der Waals surface area contributed by atoms with E-state index in [0.29, 0.717) is 11.6 Å². The molecule has 0 unspecified atom stereocenters. The van der Waals surface area contributed by atoms with Crippen molar-refractivity contribution in [3.05, 3.63) is 35.0 Å². The van der Waals surface area contributed by atoms with Crippen LogP contribution in [-0.4, -0.2) is 33.6 Å². The van der Waals surface area contributed by atoms with Gasteiger partial charge in [0.1, 0.15) is 5.69 Å². The first-order valence-corrected chi connectivity index (χ1v) is 8.05. The summed E-state index contributed by atoms with van der Waals surface area (Å²) >= 11 is 0. The second-order valence-electron chi connectivity index (χ2n) is 6.65. The maximum atomic E-state index is 11.4. The van der Waals surface area contributed by atoms with Gasteiger partial charge in [0.15, 0.2) is 0 Å². The third-order valence-electron chi connectivity index (χ3n) is 4.66. The lowest BCUT2D eigenvalue weighted by Crippen LogP contribution is -2.18. The number of hydrogen-bond donors (Lipinski definition) is 1. The van der Waals surface area contributed by atoms with Crippen molar-refractivity contribution >= 4 is 16.9 Å². The molecule has 118 valence electrons. The number of carboxylic acid groups (broad SMARTS) is 1. The molecule has 1 N–H and O–H groups in total. The molecule has 1 aliphatic rings. The van der Waals surface area contributed by atoms with Gasteiger partial charge < -0.3 is 9.67 Å². The number of fused-ring (bicyclic) bond motifs is 1. The van der Waals surface area contributed by atoms with Gasteiger partial charge in [0.05, 0.1) is 5.52 Å². The number of aromatic carboxylic acids is 1. The second kappa shape index (κ2) is 5.76. The molecule has 22 heavy (non-hydrogen) atoms. The molecule has 1 aromatic heterocycles. The number of hydrogen-bond acceptors (Lipinski definition) is 2. The van der Waals surface area contributed by atoms with Crippen molar-refractivity contribution < 1.29 is 9.90 Å². The molecule has 1 aliphatic heterocycles. The van der Waals surface area contributed by atoms with Crippen LogP contribution in [0.5, 0.6) is 0 Å². The first-order chi connectivity index (χ1) is 10.5. The summed E-state index contributed by atoms with van der Waals surface area (Å²) in [4.78, 5) is 13.9. The quantitative estimate of drug-likeness (QED) is 0.938. The van der Waals surface area contributed by atoms with Crippen LogP contribution in [0.15, 0.2) is 18.2 Å². The fourth-order valence-electron chi connectivity index (χ4n) is 3.54. The summed E-state index contributed by atoms with van der Waals surface area (Å²) in [5.74, 6) is -0.495. The van der Waals surface area contributed by atoms with E-state index >= 15 is 0 Å². The number of likely N-dealkylation sites (tertiary alicyclic amines) is 1. The van der Waals surface area contributed by atoms with Crippen molar-refractivity contribution in [2.45, 2.75) is 39.2 Å². The van der Waals surface area contributed by atoms with Gasteiger partial charge in [-0.15, -0.1) is 0 Å².